The summed E-state index contributed by atoms with van der Waals surface area (Å²) in [4.78, 5) is 0. The van der Waals surface area contributed by atoms with E-state index in [0.717, 1.165) is 12.5 Å². The van der Waals surface area contributed by atoms with Crippen molar-refractivity contribution in [1.29, 1.82) is 0 Å². The van der Waals surface area contributed by atoms with Crippen LogP contribution >= 0.6 is 17.0 Å². The van der Waals surface area contributed by atoms with Gasteiger partial charge in [0.2, 0.25) is 0 Å². The molecular weight excluding hydrogens is 422 g/mol. The summed E-state index contributed by atoms with van der Waals surface area (Å²) in [6, 6.07) is 0. The molecule has 0 amide bonds. The Morgan fingerprint density at radius 1 is 0.870 bits per heavy atom. The van der Waals surface area contributed by atoms with Crippen molar-refractivity contribution in [2.75, 3.05) is 6.61 Å². The van der Waals surface area contributed by atoms with E-state index in [2.05, 4.69) is 19.6 Å². The Hall–Kier alpha value is 1.64. The predicted molar refractivity (Wildman–Crippen MR) is 108 cm³/mol. The monoisotopic (exact) mass is 460 g/mol. The molecule has 0 aromatic carbocycles. The van der Waals surface area contributed by atoms with Crippen LogP contribution in [0.1, 0.15) is 70.6 Å². The number of hydrogen-bond acceptors (Lipinski definition) is 1. The topological polar surface area (TPSA) is 9.23 Å². The Kier molecular flexibility index (Phi) is 25.5. The van der Waals surface area contributed by atoms with E-state index < -0.39 is 29.2 Å². The second kappa shape index (κ2) is 20.0. The normalized spacial score (nSPS) is 16.7. The van der Waals surface area contributed by atoms with E-state index in [4.69, 9.17) is 21.5 Å². The molecule has 0 atom stereocenters. The van der Waals surface area contributed by atoms with Gasteiger partial charge in [-0.15, -0.1) is 0 Å². The van der Waals surface area contributed by atoms with Gasteiger partial charge in [-0.05, 0) is 38.4 Å². The summed E-state index contributed by atoms with van der Waals surface area (Å²) in [6.07, 6.45) is 16.1. The maximum atomic E-state index is 5.83. The molecule has 0 unspecified atom stereocenters. The van der Waals surface area contributed by atoms with Crippen molar-refractivity contribution in [3.8, 4) is 0 Å². The maximum absolute atomic E-state index is 5.83. The molecule has 2 fully saturated rings. The van der Waals surface area contributed by atoms with Crippen molar-refractivity contribution in [1.82, 2.24) is 0 Å². The molecule has 2 rings (SSSR count). The first-order valence-electron chi connectivity index (χ1n) is 8.60. The van der Waals surface area contributed by atoms with Crippen LogP contribution in [0.2, 0.25) is 19.6 Å². The average Bonchev–Trinajstić information content (AvgIpc) is 3.10. The van der Waals surface area contributed by atoms with Gasteiger partial charge in [-0.3, -0.25) is 0 Å². The molecule has 2 saturated carbocycles. The molecule has 0 radical (unpaired) electrons. The second-order valence-electron chi connectivity index (χ2n) is 7.09. The number of halogens is 2. The van der Waals surface area contributed by atoms with Crippen LogP contribution in [0.25, 0.3) is 0 Å². The standard InChI is InChI=1S/C11H24OSi.C5H10.2CH3.2ClH.Zr/c1-13(2,3)12-10-6-9-11-7-4-5-8-11;1-2-4-5-3-1;;;;;/h11H,4-10H2,1-3H3;1-5H2;2*1H3;2*1H;/q;;2*-1;;;+4/p-2. The van der Waals surface area contributed by atoms with Gasteiger partial charge >= 0.3 is 37.9 Å². The van der Waals surface area contributed by atoms with Gasteiger partial charge in [-0.1, -0.05) is 57.8 Å². The van der Waals surface area contributed by atoms with E-state index in [-0.39, 0.29) is 14.9 Å². The predicted octanol–water partition coefficient (Wildman–Crippen LogP) is 8.04. The first-order valence-corrected chi connectivity index (χ1v) is 18.3. The molecule has 0 heterocycles. The van der Waals surface area contributed by atoms with Crippen LogP contribution < -0.4 is 0 Å². The second-order valence-corrected chi connectivity index (χ2v) is 15.3. The molecule has 0 aliphatic heterocycles. The van der Waals surface area contributed by atoms with Crippen LogP contribution in [0, 0.1) is 20.8 Å². The summed E-state index contributed by atoms with van der Waals surface area (Å²) in [6.45, 7) is 7.81. The fraction of sp³-hybridized carbons (Fsp3) is 0.889. The Bertz CT molecular complexity index is 208. The van der Waals surface area contributed by atoms with Crippen molar-refractivity contribution in [3.05, 3.63) is 14.9 Å². The first-order chi connectivity index (χ1) is 9.99. The molecule has 0 aromatic heterocycles. The van der Waals surface area contributed by atoms with Crippen molar-refractivity contribution in [2.24, 2.45) is 5.92 Å². The summed E-state index contributed by atoms with van der Waals surface area (Å²) >= 11 is -0.826. The van der Waals surface area contributed by atoms with E-state index in [1.165, 1.54) is 70.6 Å². The minimum atomic E-state index is -1.23. The van der Waals surface area contributed by atoms with Crippen molar-refractivity contribution in [2.45, 2.75) is 90.3 Å². The Morgan fingerprint density at radius 2 is 1.26 bits per heavy atom. The molecule has 0 saturated heterocycles. The fourth-order valence-electron chi connectivity index (χ4n) is 2.93. The zero-order chi connectivity index (χ0) is 16.0. The number of hydrogen-bond donors (Lipinski definition) is 0. The van der Waals surface area contributed by atoms with E-state index in [1.54, 1.807) is 0 Å². The fourth-order valence-corrected chi connectivity index (χ4v) is 3.69. The van der Waals surface area contributed by atoms with E-state index in [1.807, 2.05) is 0 Å². The van der Waals surface area contributed by atoms with Crippen molar-refractivity contribution >= 4 is 25.3 Å². The van der Waals surface area contributed by atoms with Crippen LogP contribution in [-0.4, -0.2) is 14.9 Å². The molecule has 1 nitrogen and oxygen atoms in total. The van der Waals surface area contributed by atoms with Crippen LogP contribution in [0.15, 0.2) is 0 Å². The van der Waals surface area contributed by atoms with Crippen molar-refractivity contribution in [3.63, 3.8) is 0 Å². The van der Waals surface area contributed by atoms with Gasteiger partial charge in [0, 0.05) is 6.61 Å². The van der Waals surface area contributed by atoms with E-state index in [9.17, 15) is 0 Å². The zero-order valence-corrected chi connectivity index (χ0v) is 21.2. The molecule has 23 heavy (non-hydrogen) atoms. The molecule has 0 aromatic rings. The molecule has 5 heteroatoms. The Labute approximate surface area is 167 Å². The van der Waals surface area contributed by atoms with Gasteiger partial charge in [0.15, 0.2) is 8.32 Å². The Balaban J connectivity index is -0.000000336. The van der Waals surface area contributed by atoms with Crippen LogP contribution in [0.3, 0.4) is 0 Å². The van der Waals surface area contributed by atoms with Gasteiger partial charge in [0.1, 0.15) is 0 Å². The van der Waals surface area contributed by atoms with Crippen LogP contribution in [-0.2, 0) is 25.3 Å². The molecular formula is C18H40Cl2OSiZr. The van der Waals surface area contributed by atoms with E-state index >= 15 is 0 Å². The third kappa shape index (κ3) is 23.6. The summed E-state index contributed by atoms with van der Waals surface area (Å²) in [5.74, 6) is 1.03. The molecule has 0 bridgehead atoms. The van der Waals surface area contributed by atoms with Gasteiger partial charge in [0.05, 0.1) is 0 Å². The minimum absolute atomic E-state index is 0. The summed E-state index contributed by atoms with van der Waals surface area (Å²) in [5.41, 5.74) is 0. The summed E-state index contributed by atoms with van der Waals surface area (Å²) in [5, 5.41) is 0. The zero-order valence-electron chi connectivity index (χ0n) is 16.2. The molecule has 0 N–H and O–H groups in total. The van der Waals surface area contributed by atoms with Crippen LogP contribution in [0.4, 0.5) is 0 Å². The molecule has 2 aliphatic rings. The first kappa shape index (κ1) is 29.4. The SMILES string of the molecule is C1CCCC1.C[Si](C)(C)OCCCC1CCCC1.[CH3-].[CH3-].[Cl][Zr+2][Cl]. The van der Waals surface area contributed by atoms with Gasteiger partial charge < -0.3 is 19.3 Å². The number of rotatable bonds is 5. The summed E-state index contributed by atoms with van der Waals surface area (Å²) in [7, 11) is 8.63. The van der Waals surface area contributed by atoms with E-state index in [0.29, 0.717) is 0 Å². The molecule has 0 spiro atoms. The van der Waals surface area contributed by atoms with Gasteiger partial charge in [-0.25, -0.2) is 0 Å². The average molecular weight is 463 g/mol. The van der Waals surface area contributed by atoms with Gasteiger partial charge in [0.25, 0.3) is 0 Å². The molecule has 2 aliphatic carbocycles. The Morgan fingerprint density at radius 3 is 1.61 bits per heavy atom. The summed E-state index contributed by atoms with van der Waals surface area (Å²) < 4.78 is 5.83. The molecule has 140 valence electrons. The third-order valence-electron chi connectivity index (χ3n) is 4.02. The van der Waals surface area contributed by atoms with Crippen molar-refractivity contribution < 1.29 is 25.3 Å². The quantitative estimate of drug-likeness (QED) is 0.228. The van der Waals surface area contributed by atoms with Gasteiger partial charge in [-0.2, -0.15) is 0 Å². The van der Waals surface area contributed by atoms with Crippen LogP contribution in [0.5, 0.6) is 0 Å². The third-order valence-corrected chi connectivity index (χ3v) is 5.09.